The van der Waals surface area contributed by atoms with E-state index in [4.69, 9.17) is 14.5 Å². The highest BCUT2D eigenvalue weighted by Gasteiger charge is 2.24. The lowest BCUT2D eigenvalue weighted by Gasteiger charge is -2.14. The van der Waals surface area contributed by atoms with Crippen molar-refractivity contribution in [2.24, 2.45) is 0 Å². The van der Waals surface area contributed by atoms with Gasteiger partial charge in [-0.05, 0) is 42.5 Å². The predicted molar refractivity (Wildman–Crippen MR) is 148 cm³/mol. The van der Waals surface area contributed by atoms with Gasteiger partial charge in [0.05, 0.1) is 35.5 Å². The molecule has 1 aliphatic rings. The zero-order valence-electron chi connectivity index (χ0n) is 20.0. The van der Waals surface area contributed by atoms with E-state index in [0.717, 1.165) is 39.1 Å². The molecule has 4 heterocycles. The molecular weight excluding hydrogens is 458 g/mol. The summed E-state index contributed by atoms with van der Waals surface area (Å²) < 4.78 is 14.0. The molecule has 1 aliphatic heterocycles. The van der Waals surface area contributed by atoms with E-state index in [2.05, 4.69) is 94.5 Å². The summed E-state index contributed by atoms with van der Waals surface area (Å²) in [7, 11) is 0. The van der Waals surface area contributed by atoms with Crippen molar-refractivity contribution in [1.82, 2.24) is 14.5 Å². The number of nitrogens with zero attached hydrogens (tertiary/aromatic N) is 2. The largest absolute Gasteiger partial charge is 0.354 e. The number of hydrogen-bond donors (Lipinski definition) is 1. The molecule has 0 bridgehead atoms. The van der Waals surface area contributed by atoms with E-state index in [1.54, 1.807) is 0 Å². The Balaban J connectivity index is 1.48. The fourth-order valence-corrected chi connectivity index (χ4v) is 5.82. The predicted octanol–water partition coefficient (Wildman–Crippen LogP) is 7.53. The molecule has 0 atom stereocenters. The minimum Gasteiger partial charge on any atom is -0.354 e. The number of H-pyrrole nitrogens is 1. The molecule has 8 rings (SSSR count). The lowest BCUT2D eigenvalue weighted by Crippen LogP contribution is -2.02. The van der Waals surface area contributed by atoms with Gasteiger partial charge in [-0.3, -0.25) is 4.98 Å². The molecule has 5 heteroatoms. The zero-order valence-corrected chi connectivity index (χ0v) is 20.0. The summed E-state index contributed by atoms with van der Waals surface area (Å²) in [6.45, 7) is 1.20. The molecule has 3 aromatic heterocycles. The quantitative estimate of drug-likeness (QED) is 0.284. The summed E-state index contributed by atoms with van der Waals surface area (Å²) in [5, 5.41) is 4.85. The van der Waals surface area contributed by atoms with Crippen LogP contribution >= 0.6 is 0 Å². The van der Waals surface area contributed by atoms with Gasteiger partial charge in [0.25, 0.3) is 0 Å². The van der Waals surface area contributed by atoms with Gasteiger partial charge in [-0.15, -0.1) is 0 Å². The summed E-state index contributed by atoms with van der Waals surface area (Å²) in [6.07, 6.45) is 1.45. The summed E-state index contributed by atoms with van der Waals surface area (Å²) in [5.74, 6) is 0. The number of ether oxygens (including phenoxy) is 2. The van der Waals surface area contributed by atoms with Gasteiger partial charge in [0.15, 0.2) is 6.29 Å². The van der Waals surface area contributed by atoms with Crippen molar-refractivity contribution < 1.29 is 9.47 Å². The van der Waals surface area contributed by atoms with Crippen molar-refractivity contribution in [2.45, 2.75) is 6.29 Å². The van der Waals surface area contributed by atoms with Gasteiger partial charge in [0, 0.05) is 50.1 Å². The fourth-order valence-electron chi connectivity index (χ4n) is 5.82. The number of rotatable bonds is 3. The van der Waals surface area contributed by atoms with Crippen molar-refractivity contribution in [3.63, 3.8) is 0 Å². The fraction of sp³-hybridized carbons (Fsp3) is 0.0938. The number of benzene rings is 4. The second-order valence-electron chi connectivity index (χ2n) is 9.47. The molecule has 7 aromatic rings. The first-order valence-electron chi connectivity index (χ1n) is 12.6. The van der Waals surface area contributed by atoms with Crippen LogP contribution in [-0.2, 0) is 9.47 Å². The Morgan fingerprint density at radius 2 is 1.54 bits per heavy atom. The molecule has 1 saturated heterocycles. The molecule has 0 aliphatic carbocycles. The van der Waals surface area contributed by atoms with Gasteiger partial charge in [-0.25, -0.2) is 0 Å². The highest BCUT2D eigenvalue weighted by atomic mass is 16.7. The third-order valence-electron chi connectivity index (χ3n) is 7.41. The standard InChI is InChI=1S/C32H23N3O2/c1-2-7-21(8-3-1)35-27-14-12-20(30-24(10-6-16-33-30)32-36-17-18-37-32)19-25(27)29-28(35)15-13-23-22-9-4-5-11-26(22)34-31(23)29/h1-16,19,32,34H,17-18H2. The number of aromatic amines is 1. The molecular formula is C32H23N3O2. The number of nitrogens with one attached hydrogen (secondary N) is 1. The maximum atomic E-state index is 5.84. The first-order valence-corrected chi connectivity index (χ1v) is 12.6. The van der Waals surface area contributed by atoms with Gasteiger partial charge in [-0.1, -0.05) is 54.6 Å². The van der Waals surface area contributed by atoms with E-state index < -0.39 is 0 Å². The zero-order chi connectivity index (χ0) is 24.3. The molecule has 0 spiro atoms. The van der Waals surface area contributed by atoms with E-state index >= 15 is 0 Å². The Hall–Kier alpha value is -4.45. The van der Waals surface area contributed by atoms with E-state index in [9.17, 15) is 0 Å². The Bertz CT molecular complexity index is 1950. The van der Waals surface area contributed by atoms with Crippen LogP contribution in [0.1, 0.15) is 11.9 Å². The van der Waals surface area contributed by atoms with Crippen molar-refractivity contribution in [2.75, 3.05) is 13.2 Å². The molecule has 0 amide bonds. The second kappa shape index (κ2) is 8.03. The van der Waals surface area contributed by atoms with Crippen LogP contribution < -0.4 is 0 Å². The highest BCUT2D eigenvalue weighted by Crippen LogP contribution is 2.41. The SMILES string of the molecule is c1ccc(-n2c3ccc(-c4ncccc4C4OCCO4)cc3c3c4[nH]c5ccccc5c4ccc32)cc1. The smallest absolute Gasteiger partial charge is 0.186 e. The maximum absolute atomic E-state index is 5.84. The van der Waals surface area contributed by atoms with Crippen LogP contribution in [-0.4, -0.2) is 27.7 Å². The Kier molecular flexibility index (Phi) is 4.50. The number of aromatic nitrogens is 3. The van der Waals surface area contributed by atoms with Crippen molar-refractivity contribution >= 4 is 43.6 Å². The van der Waals surface area contributed by atoms with Crippen LogP contribution in [0.4, 0.5) is 0 Å². The normalized spacial score (nSPS) is 14.5. The summed E-state index contributed by atoms with van der Waals surface area (Å²) >= 11 is 0. The van der Waals surface area contributed by atoms with Crippen LogP contribution in [0.25, 0.3) is 60.6 Å². The van der Waals surface area contributed by atoms with Crippen molar-refractivity contribution in [1.29, 1.82) is 0 Å². The van der Waals surface area contributed by atoms with Gasteiger partial charge < -0.3 is 19.0 Å². The molecule has 0 radical (unpaired) electrons. The van der Waals surface area contributed by atoms with E-state index in [1.165, 1.54) is 27.1 Å². The first kappa shape index (κ1) is 20.7. The van der Waals surface area contributed by atoms with Crippen LogP contribution in [0.2, 0.25) is 0 Å². The monoisotopic (exact) mass is 481 g/mol. The number of hydrogen-bond acceptors (Lipinski definition) is 3. The van der Waals surface area contributed by atoms with E-state index in [-0.39, 0.29) is 6.29 Å². The molecule has 37 heavy (non-hydrogen) atoms. The van der Waals surface area contributed by atoms with Crippen molar-refractivity contribution in [3.8, 4) is 16.9 Å². The van der Waals surface area contributed by atoms with Crippen LogP contribution in [0, 0.1) is 0 Å². The average molecular weight is 482 g/mol. The summed E-state index contributed by atoms with van der Waals surface area (Å²) in [4.78, 5) is 8.49. The van der Waals surface area contributed by atoms with Gasteiger partial charge in [-0.2, -0.15) is 0 Å². The topological polar surface area (TPSA) is 52.1 Å². The Morgan fingerprint density at radius 1 is 0.730 bits per heavy atom. The third kappa shape index (κ3) is 3.08. The molecule has 1 N–H and O–H groups in total. The van der Waals surface area contributed by atoms with Crippen LogP contribution in [0.3, 0.4) is 0 Å². The van der Waals surface area contributed by atoms with Gasteiger partial charge in [0.1, 0.15) is 0 Å². The first-order chi connectivity index (χ1) is 18.4. The summed E-state index contributed by atoms with van der Waals surface area (Å²) in [5.41, 5.74) is 8.65. The molecule has 5 nitrogen and oxygen atoms in total. The minimum atomic E-state index is -0.384. The van der Waals surface area contributed by atoms with Gasteiger partial charge in [0.2, 0.25) is 0 Å². The van der Waals surface area contributed by atoms with E-state index in [1.807, 2.05) is 18.3 Å². The highest BCUT2D eigenvalue weighted by molar-refractivity contribution is 6.25. The van der Waals surface area contributed by atoms with Crippen LogP contribution in [0.5, 0.6) is 0 Å². The lowest BCUT2D eigenvalue weighted by molar-refractivity contribution is -0.0438. The van der Waals surface area contributed by atoms with E-state index in [0.29, 0.717) is 13.2 Å². The second-order valence-corrected chi connectivity index (χ2v) is 9.47. The van der Waals surface area contributed by atoms with Crippen LogP contribution in [0.15, 0.2) is 103 Å². The Labute approximate surface area is 212 Å². The Morgan fingerprint density at radius 3 is 2.43 bits per heavy atom. The molecule has 0 unspecified atom stereocenters. The average Bonchev–Trinajstić information content (AvgIpc) is 3.69. The number of pyridine rings is 1. The number of para-hydroxylation sites is 2. The maximum Gasteiger partial charge on any atom is 0.186 e. The van der Waals surface area contributed by atoms with Crippen molar-refractivity contribution in [3.05, 3.63) is 109 Å². The molecule has 4 aromatic carbocycles. The molecule has 0 saturated carbocycles. The molecule has 1 fully saturated rings. The molecule has 178 valence electrons. The minimum absolute atomic E-state index is 0.384. The lowest BCUT2D eigenvalue weighted by atomic mass is 10.0. The third-order valence-corrected chi connectivity index (χ3v) is 7.41. The number of fused-ring (bicyclic) bond motifs is 7. The summed E-state index contributed by atoms with van der Waals surface area (Å²) in [6, 6.07) is 34.2. The van der Waals surface area contributed by atoms with Gasteiger partial charge >= 0.3 is 0 Å².